The van der Waals surface area contributed by atoms with Crippen molar-refractivity contribution in [2.45, 2.75) is 25.0 Å². The maximum Gasteiger partial charge on any atom is 0.270 e. The number of carbonyl (C=O) groups excluding carboxylic acids is 1. The smallest absolute Gasteiger partial charge is 0.270 e. The summed E-state index contributed by atoms with van der Waals surface area (Å²) in [5, 5.41) is 24.6. The first-order valence-corrected chi connectivity index (χ1v) is 7.28. The van der Waals surface area contributed by atoms with Crippen LogP contribution in [0.5, 0.6) is 0 Å². The van der Waals surface area contributed by atoms with E-state index in [-0.39, 0.29) is 12.5 Å². The molecule has 3 N–H and O–H groups in total. The zero-order valence-corrected chi connectivity index (χ0v) is 11.7. The first kappa shape index (κ1) is 14.4. The quantitative estimate of drug-likeness (QED) is 0.691. The van der Waals surface area contributed by atoms with Crippen LogP contribution in [0.3, 0.4) is 0 Å². The number of aliphatic hydroxyl groups is 2. The van der Waals surface area contributed by atoms with Crippen LogP contribution in [0, 0.1) is 0 Å². The second-order valence-corrected chi connectivity index (χ2v) is 5.63. The number of aliphatic hydroxyl groups excluding tert-OH is 1. The van der Waals surface area contributed by atoms with E-state index in [1.54, 1.807) is 10.9 Å². The number of aromatic nitrogens is 1. The number of thiazole rings is 1. The predicted molar refractivity (Wildman–Crippen MR) is 72.1 cm³/mol. The molecule has 19 heavy (non-hydrogen) atoms. The molecule has 0 unspecified atom stereocenters. The minimum atomic E-state index is -1.28. The Morgan fingerprint density at radius 2 is 2.53 bits per heavy atom. The number of carbonyl (C=O) groups is 1. The van der Waals surface area contributed by atoms with Gasteiger partial charge < -0.3 is 15.5 Å². The Hall–Kier alpha value is -1.02. The monoisotopic (exact) mass is 285 g/mol. The third-order valence-electron chi connectivity index (χ3n) is 3.31. The third kappa shape index (κ3) is 3.30. The Labute approximate surface area is 116 Å². The lowest BCUT2D eigenvalue weighted by molar-refractivity contribution is -0.0376. The zero-order valence-electron chi connectivity index (χ0n) is 10.9. The summed E-state index contributed by atoms with van der Waals surface area (Å²) < 4.78 is 0. The highest BCUT2D eigenvalue weighted by molar-refractivity contribution is 7.07. The summed E-state index contributed by atoms with van der Waals surface area (Å²) in [5.41, 5.74) is 0.643. The lowest BCUT2D eigenvalue weighted by Gasteiger charge is -2.26. The van der Waals surface area contributed by atoms with Gasteiger partial charge in [-0.3, -0.25) is 9.69 Å². The van der Waals surface area contributed by atoms with Gasteiger partial charge in [0.2, 0.25) is 0 Å². The van der Waals surface area contributed by atoms with E-state index in [1.165, 1.54) is 11.3 Å². The van der Waals surface area contributed by atoms with E-state index in [0.717, 1.165) is 13.0 Å². The fourth-order valence-electron chi connectivity index (χ4n) is 2.28. The number of rotatable bonds is 5. The lowest BCUT2D eigenvalue weighted by atomic mass is 10.0. The van der Waals surface area contributed by atoms with Crippen molar-refractivity contribution in [2.24, 2.45) is 0 Å². The van der Waals surface area contributed by atoms with E-state index < -0.39 is 11.7 Å². The Balaban J connectivity index is 1.89. The number of likely N-dealkylation sites (tertiary alicyclic amines) is 1. The zero-order chi connectivity index (χ0) is 13.9. The molecule has 1 aliphatic heterocycles. The molecule has 1 aromatic rings. The standard InChI is InChI=1S/C12H19N3O3S/c1-2-3-15-4-10(16)12(18,7-15)6-13-11(17)9-5-19-8-14-9/h5,8,10,16,18H,2-4,6-7H2,1H3,(H,13,17)/t10-,12+/m1/s1. The molecule has 2 heterocycles. The number of nitrogens with one attached hydrogen (secondary N) is 1. The average Bonchev–Trinajstić information content (AvgIpc) is 2.97. The highest BCUT2D eigenvalue weighted by Gasteiger charge is 2.44. The first-order valence-electron chi connectivity index (χ1n) is 6.34. The lowest BCUT2D eigenvalue weighted by Crippen LogP contribution is -2.51. The molecule has 1 amide bonds. The summed E-state index contributed by atoms with van der Waals surface area (Å²) >= 11 is 1.34. The minimum Gasteiger partial charge on any atom is -0.389 e. The Kier molecular flexibility index (Phi) is 4.51. The summed E-state index contributed by atoms with van der Waals surface area (Å²) in [6.45, 7) is 3.73. The molecule has 0 aromatic carbocycles. The summed E-state index contributed by atoms with van der Waals surface area (Å²) in [4.78, 5) is 17.6. The van der Waals surface area contributed by atoms with Crippen molar-refractivity contribution in [1.29, 1.82) is 0 Å². The maximum atomic E-state index is 11.7. The van der Waals surface area contributed by atoms with Crippen molar-refractivity contribution in [3.8, 4) is 0 Å². The van der Waals surface area contributed by atoms with E-state index in [1.807, 2.05) is 11.8 Å². The van der Waals surface area contributed by atoms with Gasteiger partial charge in [-0.15, -0.1) is 11.3 Å². The van der Waals surface area contributed by atoms with Crippen LogP contribution >= 0.6 is 11.3 Å². The highest BCUT2D eigenvalue weighted by atomic mass is 32.1. The summed E-state index contributed by atoms with van der Waals surface area (Å²) in [7, 11) is 0. The van der Waals surface area contributed by atoms with Gasteiger partial charge in [-0.05, 0) is 13.0 Å². The summed E-state index contributed by atoms with van der Waals surface area (Å²) in [5.74, 6) is -0.323. The number of hydrogen-bond donors (Lipinski definition) is 3. The van der Waals surface area contributed by atoms with E-state index >= 15 is 0 Å². The van der Waals surface area contributed by atoms with Gasteiger partial charge in [0.25, 0.3) is 5.91 Å². The van der Waals surface area contributed by atoms with E-state index in [0.29, 0.717) is 18.8 Å². The van der Waals surface area contributed by atoms with Gasteiger partial charge >= 0.3 is 0 Å². The molecular formula is C12H19N3O3S. The minimum absolute atomic E-state index is 0.0325. The van der Waals surface area contributed by atoms with Gasteiger partial charge in [0.1, 0.15) is 11.3 Å². The van der Waals surface area contributed by atoms with Crippen LogP contribution in [-0.2, 0) is 0 Å². The number of β-amino-alcohol motifs (C(OH)–C–C–N with tert-alkyl or cyclic N) is 2. The van der Waals surface area contributed by atoms with E-state index in [2.05, 4.69) is 10.3 Å². The van der Waals surface area contributed by atoms with Crippen molar-refractivity contribution in [3.63, 3.8) is 0 Å². The molecule has 1 fully saturated rings. The van der Waals surface area contributed by atoms with Crippen LogP contribution in [0.15, 0.2) is 10.9 Å². The molecule has 2 rings (SSSR count). The molecule has 1 saturated heterocycles. The molecular weight excluding hydrogens is 266 g/mol. The van der Waals surface area contributed by atoms with Crippen LogP contribution in [0.1, 0.15) is 23.8 Å². The van der Waals surface area contributed by atoms with Crippen molar-refractivity contribution < 1.29 is 15.0 Å². The van der Waals surface area contributed by atoms with Crippen molar-refractivity contribution in [1.82, 2.24) is 15.2 Å². The molecule has 6 nitrogen and oxygen atoms in total. The molecule has 0 radical (unpaired) electrons. The molecule has 0 spiro atoms. The SMILES string of the molecule is CCCN1C[C@@H](O)[C@](O)(CNC(=O)c2cscn2)C1. The van der Waals surface area contributed by atoms with E-state index in [9.17, 15) is 15.0 Å². The Morgan fingerprint density at radius 1 is 1.74 bits per heavy atom. The number of nitrogens with zero attached hydrogens (tertiary/aromatic N) is 2. The second kappa shape index (κ2) is 5.96. The van der Waals surface area contributed by atoms with Crippen LogP contribution in [-0.4, -0.2) is 63.9 Å². The van der Waals surface area contributed by atoms with E-state index in [4.69, 9.17) is 0 Å². The second-order valence-electron chi connectivity index (χ2n) is 4.91. The van der Waals surface area contributed by atoms with Crippen LogP contribution in [0.4, 0.5) is 0 Å². The Bertz CT molecular complexity index is 426. The van der Waals surface area contributed by atoms with Crippen molar-refractivity contribution in [2.75, 3.05) is 26.2 Å². The molecule has 1 aliphatic rings. The average molecular weight is 285 g/mol. The van der Waals surface area contributed by atoms with Crippen LogP contribution in [0.2, 0.25) is 0 Å². The largest absolute Gasteiger partial charge is 0.389 e. The molecule has 0 bridgehead atoms. The predicted octanol–water partition coefficient (Wildman–Crippen LogP) is -0.310. The van der Waals surface area contributed by atoms with Crippen molar-refractivity contribution >= 4 is 17.2 Å². The number of hydrogen-bond acceptors (Lipinski definition) is 6. The Morgan fingerprint density at radius 3 is 3.16 bits per heavy atom. The topological polar surface area (TPSA) is 85.7 Å². The van der Waals surface area contributed by atoms with Crippen LogP contribution in [0.25, 0.3) is 0 Å². The molecule has 7 heteroatoms. The van der Waals surface area contributed by atoms with Crippen molar-refractivity contribution in [3.05, 3.63) is 16.6 Å². The molecule has 2 atom stereocenters. The normalized spacial score (nSPS) is 27.6. The molecule has 0 aliphatic carbocycles. The fraction of sp³-hybridized carbons (Fsp3) is 0.667. The summed E-state index contributed by atoms with van der Waals surface area (Å²) in [6.07, 6.45) is 0.128. The van der Waals surface area contributed by atoms with Crippen LogP contribution < -0.4 is 5.32 Å². The fourth-order valence-corrected chi connectivity index (χ4v) is 2.81. The van der Waals surface area contributed by atoms with Gasteiger partial charge in [0.05, 0.1) is 18.2 Å². The van der Waals surface area contributed by atoms with Gasteiger partial charge in [-0.1, -0.05) is 6.92 Å². The third-order valence-corrected chi connectivity index (χ3v) is 3.90. The molecule has 106 valence electrons. The van der Waals surface area contributed by atoms with Gasteiger partial charge in [-0.25, -0.2) is 4.98 Å². The molecule has 0 saturated carbocycles. The molecule has 1 aromatic heterocycles. The first-order chi connectivity index (χ1) is 9.05. The summed E-state index contributed by atoms with van der Waals surface area (Å²) in [6, 6.07) is 0. The number of amides is 1. The maximum absolute atomic E-state index is 11.7. The van der Waals surface area contributed by atoms with Gasteiger partial charge in [0, 0.05) is 18.5 Å². The van der Waals surface area contributed by atoms with Gasteiger partial charge in [0.15, 0.2) is 0 Å². The highest BCUT2D eigenvalue weighted by Crippen LogP contribution is 2.21. The van der Waals surface area contributed by atoms with Gasteiger partial charge in [-0.2, -0.15) is 0 Å².